The van der Waals surface area contributed by atoms with E-state index in [0.29, 0.717) is 17.8 Å². The van der Waals surface area contributed by atoms with Crippen LogP contribution < -0.4 is 0 Å². The Morgan fingerprint density at radius 1 is 0.857 bits per heavy atom. The lowest BCUT2D eigenvalue weighted by Crippen LogP contribution is -1.99. The van der Waals surface area contributed by atoms with Gasteiger partial charge in [0, 0.05) is 0 Å². The molecule has 0 bridgehead atoms. The summed E-state index contributed by atoms with van der Waals surface area (Å²) in [4.78, 5) is 0. The third-order valence-corrected chi connectivity index (χ3v) is 3.17. The highest BCUT2D eigenvalue weighted by molar-refractivity contribution is 5.41. The third kappa shape index (κ3) is 2.29. The van der Waals surface area contributed by atoms with E-state index in [9.17, 15) is 0 Å². The molecule has 0 amide bonds. The summed E-state index contributed by atoms with van der Waals surface area (Å²) in [5.74, 6) is 2.10. The Balaban J connectivity index is 2.92. The highest BCUT2D eigenvalue weighted by Crippen LogP contribution is 2.37. The molecule has 0 spiro atoms. The molecule has 0 fully saturated rings. The van der Waals surface area contributed by atoms with Crippen LogP contribution in [0.2, 0.25) is 0 Å². The summed E-state index contributed by atoms with van der Waals surface area (Å²) in [7, 11) is 0. The van der Waals surface area contributed by atoms with Crippen LogP contribution in [0.1, 0.15) is 48.0 Å². The van der Waals surface area contributed by atoms with Crippen LogP contribution in [0, 0.1) is 17.8 Å². The lowest BCUT2D eigenvalue weighted by atomic mass is 9.92. The summed E-state index contributed by atoms with van der Waals surface area (Å²) >= 11 is 0. The van der Waals surface area contributed by atoms with Crippen LogP contribution in [-0.4, -0.2) is 0 Å². The zero-order chi connectivity index (χ0) is 10.9. The second kappa shape index (κ2) is 4.33. The van der Waals surface area contributed by atoms with E-state index in [1.165, 1.54) is 6.42 Å². The zero-order valence-corrected chi connectivity index (χ0v) is 10.5. The highest BCUT2D eigenvalue weighted by Gasteiger charge is 2.21. The molecule has 0 nitrogen and oxygen atoms in total. The molecule has 0 saturated carbocycles. The van der Waals surface area contributed by atoms with Crippen LogP contribution >= 0.6 is 0 Å². The van der Waals surface area contributed by atoms with Crippen molar-refractivity contribution in [2.45, 2.75) is 48.0 Å². The molecule has 0 saturated heterocycles. The van der Waals surface area contributed by atoms with Gasteiger partial charge in [0.05, 0.1) is 0 Å². The van der Waals surface area contributed by atoms with E-state index in [1.807, 2.05) is 0 Å². The molecule has 0 radical (unpaired) electrons. The highest BCUT2D eigenvalue weighted by atomic mass is 14.3. The van der Waals surface area contributed by atoms with E-state index in [0.717, 1.165) is 0 Å². The normalized spacial score (nSPS) is 17.6. The van der Waals surface area contributed by atoms with Crippen LogP contribution in [0.5, 0.6) is 0 Å². The molecule has 1 aliphatic carbocycles. The van der Waals surface area contributed by atoms with E-state index < -0.39 is 0 Å². The van der Waals surface area contributed by atoms with Crippen molar-refractivity contribution in [3.05, 3.63) is 22.8 Å². The first kappa shape index (κ1) is 11.6. The molecule has 0 atom stereocenters. The van der Waals surface area contributed by atoms with Gasteiger partial charge in [-0.1, -0.05) is 58.8 Å². The van der Waals surface area contributed by atoms with Crippen LogP contribution in [0.4, 0.5) is 0 Å². The Kier molecular flexibility index (Phi) is 3.58. The molecule has 0 heterocycles. The van der Waals surface area contributed by atoms with Crippen molar-refractivity contribution in [3.8, 4) is 0 Å². The fourth-order valence-corrected chi connectivity index (χ4v) is 2.11. The molecular formula is C14H24. The molecule has 0 aromatic rings. The molecule has 1 aliphatic rings. The fraction of sp³-hybridized carbons (Fsp3) is 0.714. The topological polar surface area (TPSA) is 0 Å². The van der Waals surface area contributed by atoms with Crippen LogP contribution in [-0.2, 0) is 0 Å². The maximum Gasteiger partial charge on any atom is -0.00942 e. The average molecular weight is 192 g/mol. The quantitative estimate of drug-likeness (QED) is 0.614. The van der Waals surface area contributed by atoms with Crippen molar-refractivity contribution in [2.24, 2.45) is 17.8 Å². The molecule has 0 aliphatic heterocycles. The first-order valence-corrected chi connectivity index (χ1v) is 5.86. The molecule has 14 heavy (non-hydrogen) atoms. The van der Waals surface area contributed by atoms with Gasteiger partial charge < -0.3 is 0 Å². The van der Waals surface area contributed by atoms with E-state index in [-0.39, 0.29) is 0 Å². The Hall–Kier alpha value is -0.520. The summed E-state index contributed by atoms with van der Waals surface area (Å²) in [5.41, 5.74) is 4.89. The minimum absolute atomic E-state index is 0.684. The molecule has 0 N–H and O–H groups in total. The summed E-state index contributed by atoms with van der Waals surface area (Å²) in [6.45, 7) is 13.8. The van der Waals surface area contributed by atoms with Crippen molar-refractivity contribution in [2.75, 3.05) is 0 Å². The summed E-state index contributed by atoms with van der Waals surface area (Å²) in [6.07, 6.45) is 3.67. The van der Waals surface area contributed by atoms with Crippen molar-refractivity contribution in [1.29, 1.82) is 0 Å². The second-order valence-electron chi connectivity index (χ2n) is 5.34. The number of hydrogen-bond donors (Lipinski definition) is 0. The largest absolute Gasteiger partial charge is 0.0633 e. The van der Waals surface area contributed by atoms with E-state index in [2.05, 4.69) is 47.6 Å². The maximum atomic E-state index is 2.45. The maximum absolute atomic E-state index is 2.45. The predicted molar refractivity (Wildman–Crippen MR) is 64.2 cm³/mol. The van der Waals surface area contributed by atoms with Crippen molar-refractivity contribution >= 4 is 0 Å². The van der Waals surface area contributed by atoms with Gasteiger partial charge in [0.1, 0.15) is 0 Å². The van der Waals surface area contributed by atoms with Crippen molar-refractivity contribution < 1.29 is 0 Å². The van der Waals surface area contributed by atoms with E-state index in [4.69, 9.17) is 0 Å². The summed E-state index contributed by atoms with van der Waals surface area (Å²) < 4.78 is 0. The lowest BCUT2D eigenvalue weighted by Gasteiger charge is -2.14. The van der Waals surface area contributed by atoms with Gasteiger partial charge in [-0.2, -0.15) is 0 Å². The molecular weight excluding hydrogens is 168 g/mol. The Morgan fingerprint density at radius 3 is 1.71 bits per heavy atom. The van der Waals surface area contributed by atoms with Gasteiger partial charge in [-0.25, -0.2) is 0 Å². The average Bonchev–Trinajstić information content (AvgIpc) is 2.47. The lowest BCUT2D eigenvalue weighted by molar-refractivity contribution is 0.679. The van der Waals surface area contributed by atoms with Crippen molar-refractivity contribution in [1.82, 2.24) is 0 Å². The zero-order valence-electron chi connectivity index (χ0n) is 10.5. The smallest absolute Gasteiger partial charge is 0.00942 e. The molecule has 80 valence electrons. The molecule has 0 heteroatoms. The fourth-order valence-electron chi connectivity index (χ4n) is 2.11. The monoisotopic (exact) mass is 192 g/mol. The standard InChI is InChI=1S/C14H24/c1-9(2)12-7-13(10(3)4)14(8-12)11(5)6/h7,9-11H,8H2,1-6H3. The van der Waals surface area contributed by atoms with Crippen LogP contribution in [0.15, 0.2) is 22.8 Å². The minimum Gasteiger partial charge on any atom is -0.0633 e. The van der Waals surface area contributed by atoms with Gasteiger partial charge in [0.2, 0.25) is 0 Å². The van der Waals surface area contributed by atoms with Gasteiger partial charge in [0.25, 0.3) is 0 Å². The van der Waals surface area contributed by atoms with Crippen LogP contribution in [0.3, 0.4) is 0 Å². The second-order valence-corrected chi connectivity index (χ2v) is 5.34. The first-order chi connectivity index (χ1) is 6.43. The van der Waals surface area contributed by atoms with Gasteiger partial charge in [0.15, 0.2) is 0 Å². The molecule has 0 aromatic heterocycles. The number of hydrogen-bond acceptors (Lipinski definition) is 0. The molecule has 1 rings (SSSR count). The van der Waals surface area contributed by atoms with Crippen molar-refractivity contribution in [3.63, 3.8) is 0 Å². The Labute approximate surface area is 89.1 Å². The SMILES string of the molecule is CC(C)C1=CC(C(C)C)=C(C(C)C)C1. The molecule has 0 aromatic carbocycles. The number of allylic oxidation sites excluding steroid dienone is 4. The van der Waals surface area contributed by atoms with Gasteiger partial charge in [-0.15, -0.1) is 0 Å². The summed E-state index contributed by atoms with van der Waals surface area (Å²) in [6, 6.07) is 0. The molecule has 0 unspecified atom stereocenters. The van der Waals surface area contributed by atoms with Gasteiger partial charge >= 0.3 is 0 Å². The first-order valence-electron chi connectivity index (χ1n) is 5.86. The third-order valence-electron chi connectivity index (χ3n) is 3.17. The Morgan fingerprint density at radius 2 is 1.43 bits per heavy atom. The van der Waals surface area contributed by atoms with Crippen LogP contribution in [0.25, 0.3) is 0 Å². The minimum atomic E-state index is 0.684. The van der Waals surface area contributed by atoms with E-state index in [1.54, 1.807) is 16.7 Å². The van der Waals surface area contributed by atoms with Gasteiger partial charge in [-0.3, -0.25) is 0 Å². The van der Waals surface area contributed by atoms with E-state index >= 15 is 0 Å². The summed E-state index contributed by atoms with van der Waals surface area (Å²) in [5, 5.41) is 0. The Bertz CT molecular complexity index is 262. The van der Waals surface area contributed by atoms with Gasteiger partial charge in [-0.05, 0) is 29.7 Å². The predicted octanol–water partition coefficient (Wildman–Crippen LogP) is 4.58. The number of rotatable bonds is 3.